The molecular weight excluding hydrogens is 504 g/mol. The van der Waals surface area contributed by atoms with Crippen molar-refractivity contribution in [3.63, 3.8) is 0 Å². The zero-order valence-electron chi connectivity index (χ0n) is 23.6. The lowest BCUT2D eigenvalue weighted by atomic mass is 9.42. The summed E-state index contributed by atoms with van der Waals surface area (Å²) in [6, 6.07) is 0. The van der Waals surface area contributed by atoms with Gasteiger partial charge < -0.3 is 39.4 Å². The van der Waals surface area contributed by atoms with Crippen molar-refractivity contribution in [2.24, 2.45) is 34.5 Å². The van der Waals surface area contributed by atoms with Gasteiger partial charge in [0.05, 0.1) is 23.9 Å². The van der Waals surface area contributed by atoms with Crippen LogP contribution >= 0.6 is 0 Å². The van der Waals surface area contributed by atoms with Gasteiger partial charge in [-0.25, -0.2) is 4.79 Å². The third kappa shape index (κ3) is 4.02. The summed E-state index contributed by atoms with van der Waals surface area (Å²) in [5, 5.41) is 45.2. The molecular formula is C30H46O9. The Kier molecular flexibility index (Phi) is 7.02. The molecule has 0 aromatic rings. The van der Waals surface area contributed by atoms with E-state index >= 15 is 0 Å². The maximum atomic E-state index is 12.4. The first-order chi connectivity index (χ1) is 18.4. The number of cyclic esters (lactones) is 1. The first-order valence-electron chi connectivity index (χ1n) is 14.9. The van der Waals surface area contributed by atoms with Crippen molar-refractivity contribution >= 4 is 5.97 Å². The van der Waals surface area contributed by atoms with Gasteiger partial charge in [-0.05, 0) is 86.5 Å². The van der Waals surface area contributed by atoms with E-state index in [9.17, 15) is 25.2 Å². The highest BCUT2D eigenvalue weighted by atomic mass is 16.7. The molecule has 0 amide bonds. The van der Waals surface area contributed by atoms with Gasteiger partial charge in [-0.3, -0.25) is 0 Å². The Hall–Kier alpha value is -1.07. The van der Waals surface area contributed by atoms with Crippen molar-refractivity contribution in [2.45, 2.75) is 121 Å². The summed E-state index contributed by atoms with van der Waals surface area (Å²) >= 11 is 0. The van der Waals surface area contributed by atoms with Gasteiger partial charge in [0.25, 0.3) is 0 Å². The van der Waals surface area contributed by atoms with Gasteiger partial charge in [-0.1, -0.05) is 13.8 Å². The first kappa shape index (κ1) is 28.1. The number of hydrogen-bond acceptors (Lipinski definition) is 9. The number of esters is 1. The smallest absolute Gasteiger partial charge is 0.331 e. The molecule has 0 bridgehead atoms. The summed E-state index contributed by atoms with van der Waals surface area (Å²) < 4.78 is 22.6. The second-order valence-electron chi connectivity index (χ2n) is 13.8. The predicted octanol–water partition coefficient (Wildman–Crippen LogP) is 2.08. The molecule has 220 valence electrons. The largest absolute Gasteiger partial charge is 0.458 e. The van der Waals surface area contributed by atoms with Crippen molar-refractivity contribution < 1.29 is 44.2 Å². The lowest BCUT2D eigenvalue weighted by Gasteiger charge is -2.64. The number of ether oxygens (including phenoxy) is 4. The molecule has 6 aliphatic rings. The van der Waals surface area contributed by atoms with Crippen LogP contribution in [0, 0.1) is 34.5 Å². The van der Waals surface area contributed by atoms with Crippen LogP contribution in [0.25, 0.3) is 0 Å². The molecule has 9 nitrogen and oxygen atoms in total. The number of methoxy groups -OCH3 is 1. The maximum absolute atomic E-state index is 12.4. The van der Waals surface area contributed by atoms with E-state index in [1.165, 1.54) is 7.11 Å². The maximum Gasteiger partial charge on any atom is 0.331 e. The van der Waals surface area contributed by atoms with E-state index in [1.54, 1.807) is 13.0 Å². The Bertz CT molecular complexity index is 1000. The topological polar surface area (TPSA) is 135 Å². The third-order valence-electron chi connectivity index (χ3n) is 12.4. The molecule has 0 radical (unpaired) electrons. The fourth-order valence-corrected chi connectivity index (χ4v) is 10.1. The first-order valence-corrected chi connectivity index (χ1v) is 14.9. The standard InChI is InChI=1S/C30H46O9/c1-15-24(33)26(36-4)25(34)27(38-15)39-18-12-17-5-6-21-20(29(17,3)22(31)13-18)7-9-28(2)19(8-10-30(21,28)35)16-11-23(32)37-14-16/h11,15,17-22,24-27,31,33-35H,5-10,12-14H2,1-4H3/t15-,17-,18+,19+,20+,21+,22+,24+,25+,26+,27-,28+,29-,30-/m0/s1. The number of carbonyl (C=O) groups excluding carboxylic acids is 1. The van der Waals surface area contributed by atoms with Crippen LogP contribution in [0.3, 0.4) is 0 Å². The lowest BCUT2D eigenvalue weighted by Crippen LogP contribution is -2.65. The molecule has 0 aromatic carbocycles. The molecule has 5 fully saturated rings. The fourth-order valence-electron chi connectivity index (χ4n) is 10.1. The van der Waals surface area contributed by atoms with Gasteiger partial charge in [0.2, 0.25) is 0 Å². The van der Waals surface area contributed by atoms with Crippen LogP contribution in [0.1, 0.15) is 72.1 Å². The molecule has 6 rings (SSSR count). The van der Waals surface area contributed by atoms with Gasteiger partial charge >= 0.3 is 5.97 Å². The quantitative estimate of drug-likeness (QED) is 0.307. The van der Waals surface area contributed by atoms with Gasteiger partial charge in [0, 0.05) is 25.0 Å². The zero-order chi connectivity index (χ0) is 27.9. The Morgan fingerprint density at radius 1 is 1.00 bits per heavy atom. The monoisotopic (exact) mass is 550 g/mol. The van der Waals surface area contributed by atoms with E-state index in [4.69, 9.17) is 18.9 Å². The van der Waals surface area contributed by atoms with Gasteiger partial charge in [-0.2, -0.15) is 0 Å². The van der Waals surface area contributed by atoms with Crippen molar-refractivity contribution in [1.82, 2.24) is 0 Å². The lowest BCUT2D eigenvalue weighted by molar-refractivity contribution is -0.317. The summed E-state index contributed by atoms with van der Waals surface area (Å²) in [7, 11) is 1.45. The minimum atomic E-state index is -1.13. The predicted molar refractivity (Wildman–Crippen MR) is 139 cm³/mol. The Labute approximate surface area is 230 Å². The normalized spacial score (nSPS) is 55.3. The molecule has 4 aliphatic carbocycles. The number of hydrogen-bond donors (Lipinski definition) is 4. The van der Waals surface area contributed by atoms with Crippen LogP contribution in [0.15, 0.2) is 11.6 Å². The Morgan fingerprint density at radius 2 is 1.77 bits per heavy atom. The Morgan fingerprint density at radius 3 is 2.46 bits per heavy atom. The number of aliphatic hydroxyl groups excluding tert-OH is 3. The molecule has 9 heteroatoms. The Balaban J connectivity index is 1.19. The average molecular weight is 551 g/mol. The molecule has 2 aliphatic heterocycles. The third-order valence-corrected chi connectivity index (χ3v) is 12.4. The summed E-state index contributed by atoms with van der Waals surface area (Å²) in [5.41, 5.74) is -0.455. The highest BCUT2D eigenvalue weighted by Crippen LogP contribution is 2.70. The second kappa shape index (κ2) is 9.75. The molecule has 2 heterocycles. The molecule has 0 spiro atoms. The van der Waals surface area contributed by atoms with Crippen molar-refractivity contribution in [2.75, 3.05) is 13.7 Å². The van der Waals surface area contributed by atoms with Crippen LogP contribution < -0.4 is 0 Å². The van der Waals surface area contributed by atoms with E-state index in [0.717, 1.165) is 44.1 Å². The van der Waals surface area contributed by atoms with Crippen LogP contribution in [-0.4, -0.2) is 88.6 Å². The van der Waals surface area contributed by atoms with E-state index in [2.05, 4.69) is 13.8 Å². The zero-order valence-corrected chi connectivity index (χ0v) is 23.6. The van der Waals surface area contributed by atoms with Crippen LogP contribution in [0.2, 0.25) is 0 Å². The number of aliphatic hydroxyl groups is 4. The molecule has 14 atom stereocenters. The van der Waals surface area contributed by atoms with Crippen molar-refractivity contribution in [3.05, 3.63) is 11.6 Å². The summed E-state index contributed by atoms with van der Waals surface area (Å²) in [5.74, 6) is 0.393. The van der Waals surface area contributed by atoms with E-state index in [-0.39, 0.29) is 46.6 Å². The molecule has 4 N–H and O–H groups in total. The van der Waals surface area contributed by atoms with Gasteiger partial charge in [-0.15, -0.1) is 0 Å². The number of carbonyl (C=O) groups is 1. The van der Waals surface area contributed by atoms with Crippen molar-refractivity contribution in [1.29, 1.82) is 0 Å². The van der Waals surface area contributed by atoms with Gasteiger partial charge in [0.1, 0.15) is 24.9 Å². The van der Waals surface area contributed by atoms with E-state index in [1.807, 2.05) is 0 Å². The van der Waals surface area contributed by atoms with Crippen LogP contribution in [-0.2, 0) is 23.7 Å². The average Bonchev–Trinajstić information content (AvgIpc) is 3.43. The van der Waals surface area contributed by atoms with E-state index < -0.39 is 42.4 Å². The minimum Gasteiger partial charge on any atom is -0.458 e. The molecule has 4 saturated carbocycles. The van der Waals surface area contributed by atoms with Crippen LogP contribution in [0.5, 0.6) is 0 Å². The van der Waals surface area contributed by atoms with E-state index in [0.29, 0.717) is 19.4 Å². The van der Waals surface area contributed by atoms with Gasteiger partial charge in [0.15, 0.2) is 6.29 Å². The minimum absolute atomic E-state index is 0.0986. The highest BCUT2D eigenvalue weighted by molar-refractivity contribution is 5.85. The summed E-state index contributed by atoms with van der Waals surface area (Å²) in [4.78, 5) is 11.8. The summed E-state index contributed by atoms with van der Waals surface area (Å²) in [6.45, 7) is 6.49. The molecule has 39 heavy (non-hydrogen) atoms. The molecule has 0 aromatic heterocycles. The highest BCUT2D eigenvalue weighted by Gasteiger charge is 2.69. The number of rotatable bonds is 4. The molecule has 1 saturated heterocycles. The van der Waals surface area contributed by atoms with Crippen molar-refractivity contribution in [3.8, 4) is 0 Å². The fraction of sp³-hybridized carbons (Fsp3) is 0.900. The summed E-state index contributed by atoms with van der Waals surface area (Å²) in [6.07, 6.45) is 2.74. The SMILES string of the molecule is CO[C@H]1[C@@H](O)[C@H](O[C@@H]2C[C@@H]3CC[C@@H]4[C@@H](CC[C@]5(C)[C@@H](C6=CC(=O)OC6)CC[C@]45O)[C@@]3(C)[C@H](O)C2)O[C@@H](C)[C@H]1O. The molecule has 0 unspecified atom stereocenters. The number of fused-ring (bicyclic) bond motifs is 5. The second-order valence-corrected chi connectivity index (χ2v) is 13.8. The van der Waals surface area contributed by atoms with Crippen LogP contribution in [0.4, 0.5) is 0 Å².